The summed E-state index contributed by atoms with van der Waals surface area (Å²) in [4.78, 5) is 13.8. The van der Waals surface area contributed by atoms with Gasteiger partial charge in [-0.15, -0.1) is 0 Å². The van der Waals surface area contributed by atoms with E-state index in [0.717, 1.165) is 11.1 Å². The Morgan fingerprint density at radius 3 is 2.65 bits per heavy atom. The molecule has 0 heterocycles. The van der Waals surface area contributed by atoms with E-state index in [2.05, 4.69) is 0 Å². The summed E-state index contributed by atoms with van der Waals surface area (Å²) in [5.74, 6) is 0.152. The number of aromatic hydroxyl groups is 1. The van der Waals surface area contributed by atoms with E-state index in [9.17, 15) is 9.90 Å². The van der Waals surface area contributed by atoms with Gasteiger partial charge >= 0.3 is 0 Å². The molecule has 2 aromatic carbocycles. The second-order valence-corrected chi connectivity index (χ2v) is 5.10. The number of amides is 1. The van der Waals surface area contributed by atoms with Crippen LogP contribution in [0.4, 0.5) is 0 Å². The first-order valence-electron chi connectivity index (χ1n) is 6.31. The number of nitrogens with zero attached hydrogens (tertiary/aromatic N) is 1. The molecule has 0 saturated carbocycles. The van der Waals surface area contributed by atoms with Crippen LogP contribution in [-0.4, -0.2) is 23.0 Å². The Balaban J connectivity index is 2.01. The Bertz CT molecular complexity index is 613. The van der Waals surface area contributed by atoms with E-state index < -0.39 is 0 Å². The van der Waals surface area contributed by atoms with Crippen LogP contribution in [0.15, 0.2) is 48.5 Å². The third-order valence-corrected chi connectivity index (χ3v) is 3.43. The molecule has 0 aliphatic carbocycles. The normalized spacial score (nSPS) is 10.3. The van der Waals surface area contributed by atoms with Gasteiger partial charge in [0.2, 0.25) is 5.91 Å². The van der Waals surface area contributed by atoms with Crippen molar-refractivity contribution in [1.82, 2.24) is 4.90 Å². The Morgan fingerprint density at radius 2 is 1.95 bits per heavy atom. The van der Waals surface area contributed by atoms with Crippen molar-refractivity contribution in [3.63, 3.8) is 0 Å². The smallest absolute Gasteiger partial charge is 0.227 e. The van der Waals surface area contributed by atoms with Crippen LogP contribution in [0.3, 0.4) is 0 Å². The van der Waals surface area contributed by atoms with Crippen molar-refractivity contribution >= 4 is 17.5 Å². The fourth-order valence-electron chi connectivity index (χ4n) is 1.95. The molecule has 0 saturated heterocycles. The summed E-state index contributed by atoms with van der Waals surface area (Å²) in [5.41, 5.74) is 1.71. The van der Waals surface area contributed by atoms with Crippen molar-refractivity contribution in [3.05, 3.63) is 64.7 Å². The zero-order valence-corrected chi connectivity index (χ0v) is 12.0. The molecule has 0 atom stereocenters. The van der Waals surface area contributed by atoms with Gasteiger partial charge in [0.25, 0.3) is 0 Å². The number of hydrogen-bond donors (Lipinski definition) is 1. The number of phenols is 1. The quantitative estimate of drug-likeness (QED) is 0.938. The van der Waals surface area contributed by atoms with Gasteiger partial charge in [-0.1, -0.05) is 41.9 Å². The molecule has 104 valence electrons. The predicted octanol–water partition coefficient (Wildman–Crippen LogP) is 3.25. The molecule has 3 nitrogen and oxygen atoms in total. The zero-order valence-electron chi connectivity index (χ0n) is 11.2. The lowest BCUT2D eigenvalue weighted by Crippen LogP contribution is -2.27. The molecule has 1 amide bonds. The van der Waals surface area contributed by atoms with Crippen LogP contribution in [0, 0.1) is 0 Å². The van der Waals surface area contributed by atoms with Crippen LogP contribution in [0.25, 0.3) is 0 Å². The standard InChI is InChI=1S/C16H16ClNO2/c1-18(11-13-6-2-3-8-15(13)17)16(20)10-12-5-4-7-14(19)9-12/h2-9,19H,10-11H2,1H3. The maximum atomic E-state index is 12.1. The molecule has 0 bridgehead atoms. The average molecular weight is 290 g/mol. The van der Waals surface area contributed by atoms with Gasteiger partial charge in [-0.05, 0) is 29.3 Å². The van der Waals surface area contributed by atoms with Crippen LogP contribution in [0.1, 0.15) is 11.1 Å². The Kier molecular flexibility index (Phi) is 4.64. The molecule has 0 radical (unpaired) electrons. The maximum absolute atomic E-state index is 12.1. The first-order valence-corrected chi connectivity index (χ1v) is 6.69. The van der Waals surface area contributed by atoms with E-state index in [1.165, 1.54) is 0 Å². The highest BCUT2D eigenvalue weighted by Crippen LogP contribution is 2.17. The molecule has 0 aliphatic rings. The molecule has 1 N–H and O–H groups in total. The number of carbonyl (C=O) groups is 1. The minimum atomic E-state index is -0.0180. The van der Waals surface area contributed by atoms with Crippen LogP contribution in [0.5, 0.6) is 5.75 Å². The fourth-order valence-corrected chi connectivity index (χ4v) is 2.14. The number of benzene rings is 2. The zero-order chi connectivity index (χ0) is 14.5. The van der Waals surface area contributed by atoms with E-state index in [1.807, 2.05) is 30.3 Å². The van der Waals surface area contributed by atoms with Crippen LogP contribution in [-0.2, 0) is 17.8 Å². The molecule has 0 aliphatic heterocycles. The first-order chi connectivity index (χ1) is 9.56. The van der Waals surface area contributed by atoms with Crippen molar-refractivity contribution in [2.45, 2.75) is 13.0 Å². The van der Waals surface area contributed by atoms with E-state index >= 15 is 0 Å². The highest BCUT2D eigenvalue weighted by Gasteiger charge is 2.11. The molecule has 4 heteroatoms. The number of halogens is 1. The van der Waals surface area contributed by atoms with Crippen LogP contribution >= 0.6 is 11.6 Å². The van der Waals surface area contributed by atoms with Gasteiger partial charge in [0.1, 0.15) is 5.75 Å². The number of likely N-dealkylation sites (N-methyl/N-ethyl adjacent to an activating group) is 1. The van der Waals surface area contributed by atoms with E-state index in [-0.39, 0.29) is 18.1 Å². The molecule has 0 spiro atoms. The van der Waals surface area contributed by atoms with Crippen molar-refractivity contribution < 1.29 is 9.90 Å². The third kappa shape index (κ3) is 3.75. The summed E-state index contributed by atoms with van der Waals surface area (Å²) in [5, 5.41) is 10.1. The third-order valence-electron chi connectivity index (χ3n) is 3.06. The molecule has 2 aromatic rings. The molecular weight excluding hydrogens is 274 g/mol. The second-order valence-electron chi connectivity index (χ2n) is 4.69. The number of phenolic OH excluding ortho intramolecular Hbond substituents is 1. The van der Waals surface area contributed by atoms with Crippen molar-refractivity contribution in [2.75, 3.05) is 7.05 Å². The van der Waals surface area contributed by atoms with Crippen molar-refractivity contribution in [1.29, 1.82) is 0 Å². The summed E-state index contributed by atoms with van der Waals surface area (Å²) >= 11 is 6.08. The number of hydrogen-bond acceptors (Lipinski definition) is 2. The Labute approximate surface area is 123 Å². The second kappa shape index (κ2) is 6.44. The average Bonchev–Trinajstić information content (AvgIpc) is 2.41. The lowest BCUT2D eigenvalue weighted by atomic mass is 10.1. The van der Waals surface area contributed by atoms with Crippen LogP contribution in [0.2, 0.25) is 5.02 Å². The van der Waals surface area contributed by atoms with Crippen molar-refractivity contribution in [2.24, 2.45) is 0 Å². The molecule has 20 heavy (non-hydrogen) atoms. The molecule has 2 rings (SSSR count). The monoisotopic (exact) mass is 289 g/mol. The predicted molar refractivity (Wildman–Crippen MR) is 79.7 cm³/mol. The Hall–Kier alpha value is -2.00. The van der Waals surface area contributed by atoms with Crippen molar-refractivity contribution in [3.8, 4) is 5.75 Å². The summed E-state index contributed by atoms with van der Waals surface area (Å²) in [6.07, 6.45) is 0.259. The minimum absolute atomic E-state index is 0.0180. The van der Waals surface area contributed by atoms with E-state index in [4.69, 9.17) is 11.6 Å². The van der Waals surface area contributed by atoms with Gasteiger partial charge in [0, 0.05) is 18.6 Å². The van der Waals surface area contributed by atoms with Crippen LogP contribution < -0.4 is 0 Å². The molecule has 0 aromatic heterocycles. The van der Waals surface area contributed by atoms with E-state index in [0.29, 0.717) is 11.6 Å². The molecule has 0 fully saturated rings. The highest BCUT2D eigenvalue weighted by molar-refractivity contribution is 6.31. The topological polar surface area (TPSA) is 40.5 Å². The Morgan fingerprint density at radius 1 is 1.20 bits per heavy atom. The molecular formula is C16H16ClNO2. The summed E-state index contributed by atoms with van der Waals surface area (Å²) < 4.78 is 0. The first kappa shape index (κ1) is 14.4. The van der Waals surface area contributed by atoms with Gasteiger partial charge in [-0.3, -0.25) is 4.79 Å². The van der Waals surface area contributed by atoms with Gasteiger partial charge < -0.3 is 10.0 Å². The number of rotatable bonds is 4. The van der Waals surface area contributed by atoms with Gasteiger partial charge in [-0.25, -0.2) is 0 Å². The van der Waals surface area contributed by atoms with Gasteiger partial charge in [0.15, 0.2) is 0 Å². The summed E-state index contributed by atoms with van der Waals surface area (Å²) in [6, 6.07) is 14.2. The fraction of sp³-hybridized carbons (Fsp3) is 0.188. The highest BCUT2D eigenvalue weighted by atomic mass is 35.5. The lowest BCUT2D eigenvalue weighted by Gasteiger charge is -2.18. The van der Waals surface area contributed by atoms with Gasteiger partial charge in [0.05, 0.1) is 6.42 Å². The lowest BCUT2D eigenvalue weighted by molar-refractivity contribution is -0.129. The number of carbonyl (C=O) groups excluding carboxylic acids is 1. The largest absolute Gasteiger partial charge is 0.508 e. The summed E-state index contributed by atoms with van der Waals surface area (Å²) in [6.45, 7) is 0.470. The minimum Gasteiger partial charge on any atom is -0.508 e. The SMILES string of the molecule is CN(Cc1ccccc1Cl)C(=O)Cc1cccc(O)c1. The molecule has 0 unspecified atom stereocenters. The maximum Gasteiger partial charge on any atom is 0.227 e. The van der Waals surface area contributed by atoms with Gasteiger partial charge in [-0.2, -0.15) is 0 Å². The van der Waals surface area contributed by atoms with E-state index in [1.54, 1.807) is 30.1 Å². The summed E-state index contributed by atoms with van der Waals surface area (Å²) in [7, 11) is 1.74.